The van der Waals surface area contributed by atoms with Crippen molar-refractivity contribution in [1.82, 2.24) is 9.29 Å². The average Bonchev–Trinajstić information content (AvgIpc) is 2.75. The molecule has 10 heteroatoms. The summed E-state index contributed by atoms with van der Waals surface area (Å²) in [6.45, 7) is 3.25. The number of hydrogen-bond acceptors (Lipinski definition) is 5. The summed E-state index contributed by atoms with van der Waals surface area (Å²) in [7, 11) is -4.12. The molecule has 7 nitrogen and oxygen atoms in total. The molecule has 0 aliphatic carbocycles. The fourth-order valence-corrected chi connectivity index (χ4v) is 5.17. The predicted molar refractivity (Wildman–Crippen MR) is 131 cm³/mol. The minimum atomic E-state index is -4.12. The first-order valence-electron chi connectivity index (χ1n) is 9.85. The Morgan fingerprint density at radius 3 is 2.12 bits per heavy atom. The largest absolute Gasteiger partial charge is 0.480 e. The van der Waals surface area contributed by atoms with Crippen molar-refractivity contribution in [3.8, 4) is 11.5 Å². The standard InChI is InChI=1S/C23H23BrN2O5S.ClH/c1-16(2)22(23(27)28)26(15-17-4-3-13-25-14-17)32(29,30)21-11-9-20(10-12-21)31-19-7-5-18(24)6-8-19;/h3-14,16,22H,15H2,1-2H3,(H,27,28);1H/t22-;/m1./s1. The van der Waals surface area contributed by atoms with Crippen LogP contribution < -0.4 is 4.74 Å². The first-order valence-corrected chi connectivity index (χ1v) is 12.1. The molecule has 1 aromatic heterocycles. The third kappa shape index (κ3) is 6.77. The maximum atomic E-state index is 13.5. The number of aliphatic carboxylic acids is 1. The Hall–Kier alpha value is -2.46. The molecule has 1 atom stereocenters. The van der Waals surface area contributed by atoms with Crippen LogP contribution in [0.5, 0.6) is 11.5 Å². The fraction of sp³-hybridized carbons (Fsp3) is 0.217. The summed E-state index contributed by atoms with van der Waals surface area (Å²) < 4.78 is 34.7. The molecule has 0 bridgehead atoms. The van der Waals surface area contributed by atoms with Crippen LogP contribution in [0.3, 0.4) is 0 Å². The number of sulfonamides is 1. The molecule has 1 N–H and O–H groups in total. The first kappa shape index (κ1) is 26.8. The van der Waals surface area contributed by atoms with Crippen LogP contribution >= 0.6 is 28.3 Å². The van der Waals surface area contributed by atoms with Crippen molar-refractivity contribution in [2.45, 2.75) is 31.3 Å². The number of carbonyl (C=O) groups is 1. The molecule has 0 saturated carbocycles. The quantitative estimate of drug-likeness (QED) is 0.382. The summed E-state index contributed by atoms with van der Waals surface area (Å²) in [6.07, 6.45) is 3.10. The molecular weight excluding hydrogens is 532 g/mol. The maximum absolute atomic E-state index is 13.5. The highest BCUT2D eigenvalue weighted by Crippen LogP contribution is 2.28. The van der Waals surface area contributed by atoms with E-state index >= 15 is 0 Å². The molecule has 0 aliphatic heterocycles. The molecule has 2 aromatic carbocycles. The molecule has 3 aromatic rings. The molecule has 33 heavy (non-hydrogen) atoms. The molecule has 0 spiro atoms. The van der Waals surface area contributed by atoms with Gasteiger partial charge < -0.3 is 9.84 Å². The van der Waals surface area contributed by atoms with Crippen molar-refractivity contribution in [1.29, 1.82) is 0 Å². The van der Waals surface area contributed by atoms with E-state index in [-0.39, 0.29) is 23.8 Å². The number of carboxylic acids is 1. The van der Waals surface area contributed by atoms with Crippen LogP contribution in [-0.4, -0.2) is 34.8 Å². The Balaban J connectivity index is 0.00000385. The van der Waals surface area contributed by atoms with Crippen LogP contribution in [-0.2, 0) is 21.4 Å². The van der Waals surface area contributed by atoms with E-state index in [0.29, 0.717) is 17.1 Å². The average molecular weight is 556 g/mol. The minimum absolute atomic E-state index is 0. The number of halogens is 2. The lowest BCUT2D eigenvalue weighted by Crippen LogP contribution is -2.47. The van der Waals surface area contributed by atoms with Crippen LogP contribution in [0, 0.1) is 5.92 Å². The molecule has 0 radical (unpaired) electrons. The van der Waals surface area contributed by atoms with E-state index in [4.69, 9.17) is 4.74 Å². The maximum Gasteiger partial charge on any atom is 0.322 e. The number of benzene rings is 2. The van der Waals surface area contributed by atoms with Gasteiger partial charge in [0.25, 0.3) is 0 Å². The zero-order chi connectivity index (χ0) is 23.3. The van der Waals surface area contributed by atoms with E-state index in [9.17, 15) is 18.3 Å². The summed E-state index contributed by atoms with van der Waals surface area (Å²) in [5.74, 6) is -0.585. The van der Waals surface area contributed by atoms with Gasteiger partial charge in [0.1, 0.15) is 17.5 Å². The second-order valence-corrected chi connectivity index (χ2v) is 10.3. The Labute approximate surface area is 208 Å². The fourth-order valence-electron chi connectivity index (χ4n) is 3.20. The van der Waals surface area contributed by atoms with E-state index in [1.165, 1.54) is 18.3 Å². The van der Waals surface area contributed by atoms with Gasteiger partial charge in [-0.25, -0.2) is 8.42 Å². The summed E-state index contributed by atoms with van der Waals surface area (Å²) in [5, 5.41) is 9.78. The van der Waals surface area contributed by atoms with Crippen LogP contribution in [0.4, 0.5) is 0 Å². The zero-order valence-corrected chi connectivity index (χ0v) is 21.2. The van der Waals surface area contributed by atoms with E-state index in [1.54, 1.807) is 56.4 Å². The second kappa shape index (κ2) is 11.6. The third-order valence-electron chi connectivity index (χ3n) is 4.74. The summed E-state index contributed by atoms with van der Waals surface area (Å²) in [4.78, 5) is 16.0. The number of ether oxygens (including phenoxy) is 1. The van der Waals surface area contributed by atoms with Crippen LogP contribution in [0.25, 0.3) is 0 Å². The number of nitrogens with zero attached hydrogens (tertiary/aromatic N) is 2. The number of hydrogen-bond donors (Lipinski definition) is 1. The SMILES string of the molecule is CC(C)[C@H](C(=O)O)N(Cc1cccnc1)S(=O)(=O)c1ccc(Oc2ccc(Br)cc2)cc1.Cl. The number of aromatic nitrogens is 1. The van der Waals surface area contributed by atoms with Crippen molar-refractivity contribution in [2.24, 2.45) is 5.92 Å². The van der Waals surface area contributed by atoms with E-state index in [0.717, 1.165) is 8.78 Å². The van der Waals surface area contributed by atoms with Crippen LogP contribution in [0.15, 0.2) is 82.4 Å². The Morgan fingerprint density at radius 1 is 1.06 bits per heavy atom. The molecule has 176 valence electrons. The minimum Gasteiger partial charge on any atom is -0.480 e. The topological polar surface area (TPSA) is 96.8 Å². The van der Waals surface area contributed by atoms with Gasteiger partial charge in [-0.1, -0.05) is 35.8 Å². The van der Waals surface area contributed by atoms with Gasteiger partial charge in [0, 0.05) is 23.4 Å². The zero-order valence-electron chi connectivity index (χ0n) is 18.0. The highest BCUT2D eigenvalue weighted by molar-refractivity contribution is 9.10. The van der Waals surface area contributed by atoms with E-state index < -0.39 is 28.0 Å². The van der Waals surface area contributed by atoms with Crippen LogP contribution in [0.2, 0.25) is 0 Å². The lowest BCUT2D eigenvalue weighted by Gasteiger charge is -2.30. The Kier molecular flexibility index (Phi) is 9.42. The predicted octanol–water partition coefficient (Wildman–Crippen LogP) is 5.36. The van der Waals surface area contributed by atoms with Crippen molar-refractivity contribution in [3.05, 3.63) is 83.1 Å². The van der Waals surface area contributed by atoms with Gasteiger partial charge in [-0.3, -0.25) is 9.78 Å². The van der Waals surface area contributed by atoms with Crippen molar-refractivity contribution in [3.63, 3.8) is 0 Å². The molecule has 0 fully saturated rings. The first-order chi connectivity index (χ1) is 15.2. The molecule has 3 rings (SSSR count). The monoisotopic (exact) mass is 554 g/mol. The van der Waals surface area contributed by atoms with Gasteiger partial charge in [-0.05, 0) is 66.1 Å². The second-order valence-electron chi connectivity index (χ2n) is 7.47. The lowest BCUT2D eigenvalue weighted by atomic mass is 10.0. The van der Waals surface area contributed by atoms with Crippen LogP contribution in [0.1, 0.15) is 19.4 Å². The molecule has 0 amide bonds. The molecular formula is C23H24BrClN2O5S. The van der Waals surface area contributed by atoms with Gasteiger partial charge in [0.15, 0.2) is 0 Å². The third-order valence-corrected chi connectivity index (χ3v) is 7.11. The number of rotatable bonds is 9. The van der Waals surface area contributed by atoms with Crippen molar-refractivity contribution >= 4 is 44.3 Å². The van der Waals surface area contributed by atoms with Gasteiger partial charge in [-0.2, -0.15) is 4.31 Å². The normalized spacial score (nSPS) is 12.3. The highest BCUT2D eigenvalue weighted by Gasteiger charge is 2.38. The number of carboxylic acid groups (broad SMARTS) is 1. The highest BCUT2D eigenvalue weighted by atomic mass is 79.9. The van der Waals surface area contributed by atoms with Gasteiger partial charge in [0.05, 0.1) is 4.90 Å². The van der Waals surface area contributed by atoms with Gasteiger partial charge in [0.2, 0.25) is 10.0 Å². The van der Waals surface area contributed by atoms with Gasteiger partial charge in [-0.15, -0.1) is 12.4 Å². The number of pyridine rings is 1. The molecule has 1 heterocycles. The Bertz CT molecular complexity index is 1160. The Morgan fingerprint density at radius 2 is 1.64 bits per heavy atom. The summed E-state index contributed by atoms with van der Waals surface area (Å²) >= 11 is 3.36. The lowest BCUT2D eigenvalue weighted by molar-refractivity contribution is -0.143. The van der Waals surface area contributed by atoms with Crippen molar-refractivity contribution in [2.75, 3.05) is 0 Å². The summed E-state index contributed by atoms with van der Waals surface area (Å²) in [6, 6.07) is 15.3. The molecule has 0 aliphatic rings. The summed E-state index contributed by atoms with van der Waals surface area (Å²) in [5.41, 5.74) is 0.596. The van der Waals surface area contributed by atoms with E-state index in [1.807, 2.05) is 12.1 Å². The molecule has 0 saturated heterocycles. The smallest absolute Gasteiger partial charge is 0.322 e. The molecule has 0 unspecified atom stereocenters. The van der Waals surface area contributed by atoms with Crippen molar-refractivity contribution < 1.29 is 23.1 Å². The van der Waals surface area contributed by atoms with E-state index in [2.05, 4.69) is 20.9 Å². The van der Waals surface area contributed by atoms with Gasteiger partial charge >= 0.3 is 5.97 Å².